The minimum absolute atomic E-state index is 0.00325. The summed E-state index contributed by atoms with van der Waals surface area (Å²) in [5.41, 5.74) is 3.60. The van der Waals surface area contributed by atoms with Crippen molar-refractivity contribution < 1.29 is 9.18 Å². The van der Waals surface area contributed by atoms with Crippen LogP contribution in [0.3, 0.4) is 0 Å². The van der Waals surface area contributed by atoms with E-state index < -0.39 is 5.82 Å². The maximum absolute atomic E-state index is 13.2. The Morgan fingerprint density at radius 2 is 2.05 bits per heavy atom. The van der Waals surface area contributed by atoms with Crippen LogP contribution in [0.1, 0.15) is 40.9 Å². The molecule has 1 aliphatic rings. The van der Waals surface area contributed by atoms with Gasteiger partial charge >= 0.3 is 0 Å². The van der Waals surface area contributed by atoms with Crippen molar-refractivity contribution >= 4 is 23.2 Å². The topological polar surface area (TPSA) is 34.0 Å². The van der Waals surface area contributed by atoms with Crippen LogP contribution in [-0.2, 0) is 19.9 Å². The number of anilines is 1. The van der Waals surface area contributed by atoms with E-state index in [4.69, 9.17) is 11.6 Å². The van der Waals surface area contributed by atoms with Gasteiger partial charge in [0.05, 0.1) is 5.02 Å². The zero-order valence-electron chi connectivity index (χ0n) is 12.5. The minimum atomic E-state index is -0.493. The molecule has 0 spiro atoms. The number of amides is 1. The molecule has 1 N–H and O–H groups in total. The maximum atomic E-state index is 13.2. The number of carbonyl (C=O) groups excluding carboxylic acids is 1. The molecule has 3 nitrogen and oxygen atoms in total. The number of aromatic nitrogens is 1. The lowest BCUT2D eigenvalue weighted by molar-refractivity contribution is 0.101. The Labute approximate surface area is 134 Å². The zero-order chi connectivity index (χ0) is 15.7. The molecular formula is C17H18ClFN2O. The molecule has 1 aromatic heterocycles. The Balaban J connectivity index is 1.89. The van der Waals surface area contributed by atoms with E-state index in [-0.39, 0.29) is 10.9 Å². The van der Waals surface area contributed by atoms with Crippen LogP contribution < -0.4 is 5.32 Å². The van der Waals surface area contributed by atoms with Gasteiger partial charge in [-0.05, 0) is 55.0 Å². The first kappa shape index (κ1) is 15.1. The van der Waals surface area contributed by atoms with Gasteiger partial charge in [0, 0.05) is 18.9 Å². The van der Waals surface area contributed by atoms with Gasteiger partial charge in [-0.2, -0.15) is 0 Å². The second kappa shape index (κ2) is 6.13. The van der Waals surface area contributed by atoms with Crippen LogP contribution in [0.15, 0.2) is 24.4 Å². The van der Waals surface area contributed by atoms with Crippen molar-refractivity contribution in [2.24, 2.45) is 7.05 Å². The molecule has 0 saturated heterocycles. The molecule has 0 saturated carbocycles. The highest BCUT2D eigenvalue weighted by Gasteiger charge is 2.21. The molecular weight excluding hydrogens is 303 g/mol. The molecule has 116 valence electrons. The molecule has 0 unspecified atom stereocenters. The van der Waals surface area contributed by atoms with Gasteiger partial charge in [0.2, 0.25) is 0 Å². The van der Waals surface area contributed by atoms with Crippen LogP contribution in [0.2, 0.25) is 5.02 Å². The monoisotopic (exact) mass is 320 g/mol. The summed E-state index contributed by atoms with van der Waals surface area (Å²) in [7, 11) is 1.89. The Bertz CT molecular complexity index is 724. The molecule has 3 rings (SSSR count). The van der Waals surface area contributed by atoms with Gasteiger partial charge < -0.3 is 9.88 Å². The van der Waals surface area contributed by atoms with E-state index in [1.165, 1.54) is 36.6 Å². The highest BCUT2D eigenvalue weighted by molar-refractivity contribution is 6.31. The van der Waals surface area contributed by atoms with Gasteiger partial charge in [-0.3, -0.25) is 4.79 Å². The standard InChI is InChI=1S/C17H18ClFN2O/c1-21-10-11-5-3-2-4-6-13(11)16(21)17(22)20-12-7-8-15(19)14(18)9-12/h7-10H,2-6H2,1H3,(H,20,22). The van der Waals surface area contributed by atoms with Gasteiger partial charge in [-0.1, -0.05) is 18.0 Å². The van der Waals surface area contributed by atoms with Crippen LogP contribution in [-0.4, -0.2) is 10.5 Å². The van der Waals surface area contributed by atoms with E-state index in [1.54, 1.807) is 0 Å². The predicted molar refractivity (Wildman–Crippen MR) is 86.0 cm³/mol. The number of hydrogen-bond acceptors (Lipinski definition) is 1. The molecule has 1 aromatic carbocycles. The molecule has 0 fully saturated rings. The fraction of sp³-hybridized carbons (Fsp3) is 0.353. The first-order valence-electron chi connectivity index (χ1n) is 7.49. The third kappa shape index (κ3) is 2.88. The van der Waals surface area contributed by atoms with Crippen molar-refractivity contribution in [3.8, 4) is 0 Å². The fourth-order valence-electron chi connectivity index (χ4n) is 3.09. The number of hydrogen-bond donors (Lipinski definition) is 1. The van der Waals surface area contributed by atoms with Crippen molar-refractivity contribution in [3.05, 3.63) is 52.1 Å². The summed E-state index contributed by atoms with van der Waals surface area (Å²) in [5, 5.41) is 2.82. The largest absolute Gasteiger partial charge is 0.346 e. The summed E-state index contributed by atoms with van der Waals surface area (Å²) in [5.74, 6) is -0.666. The van der Waals surface area contributed by atoms with Gasteiger partial charge in [-0.25, -0.2) is 4.39 Å². The number of nitrogens with one attached hydrogen (secondary N) is 1. The number of nitrogens with zero attached hydrogens (tertiary/aromatic N) is 1. The van der Waals surface area contributed by atoms with Crippen molar-refractivity contribution in [1.29, 1.82) is 0 Å². The van der Waals surface area contributed by atoms with E-state index in [0.29, 0.717) is 11.4 Å². The van der Waals surface area contributed by atoms with Crippen molar-refractivity contribution in [3.63, 3.8) is 0 Å². The number of aryl methyl sites for hydroxylation is 2. The second-order valence-corrected chi connectivity index (χ2v) is 6.14. The molecule has 5 heteroatoms. The Morgan fingerprint density at radius 3 is 2.82 bits per heavy atom. The molecule has 1 heterocycles. The van der Waals surface area contributed by atoms with Crippen LogP contribution in [0, 0.1) is 5.82 Å². The molecule has 22 heavy (non-hydrogen) atoms. The summed E-state index contributed by atoms with van der Waals surface area (Å²) in [6, 6.07) is 4.20. The second-order valence-electron chi connectivity index (χ2n) is 5.74. The quantitative estimate of drug-likeness (QED) is 0.821. The van der Waals surface area contributed by atoms with Crippen molar-refractivity contribution in [2.75, 3.05) is 5.32 Å². The van der Waals surface area contributed by atoms with E-state index in [2.05, 4.69) is 5.32 Å². The number of fused-ring (bicyclic) bond motifs is 1. The number of halogens is 2. The number of benzene rings is 1. The molecule has 0 aliphatic heterocycles. The number of rotatable bonds is 2. The summed E-state index contributed by atoms with van der Waals surface area (Å²) >= 11 is 5.76. The smallest absolute Gasteiger partial charge is 0.272 e. The lowest BCUT2D eigenvalue weighted by Gasteiger charge is -2.09. The average Bonchev–Trinajstić information content (AvgIpc) is 2.64. The van der Waals surface area contributed by atoms with Crippen LogP contribution in [0.4, 0.5) is 10.1 Å². The zero-order valence-corrected chi connectivity index (χ0v) is 13.2. The molecule has 2 aromatic rings. The maximum Gasteiger partial charge on any atom is 0.272 e. The Kier molecular flexibility index (Phi) is 4.21. The lowest BCUT2D eigenvalue weighted by Crippen LogP contribution is -2.17. The first-order chi connectivity index (χ1) is 10.6. The van der Waals surface area contributed by atoms with E-state index in [9.17, 15) is 9.18 Å². The normalized spacial score (nSPS) is 14.3. The summed E-state index contributed by atoms with van der Waals surface area (Å²) in [4.78, 5) is 12.6. The van der Waals surface area contributed by atoms with Crippen molar-refractivity contribution in [1.82, 2.24) is 4.57 Å². The highest BCUT2D eigenvalue weighted by atomic mass is 35.5. The SMILES string of the molecule is Cn1cc2c(c1C(=O)Nc1ccc(F)c(Cl)c1)CCCCC2. The molecule has 0 bridgehead atoms. The Hall–Kier alpha value is -1.81. The van der Waals surface area contributed by atoms with Gasteiger partial charge in [0.1, 0.15) is 11.5 Å². The summed E-state index contributed by atoms with van der Waals surface area (Å²) in [6.07, 6.45) is 7.49. The Morgan fingerprint density at radius 1 is 1.27 bits per heavy atom. The van der Waals surface area contributed by atoms with Gasteiger partial charge in [-0.15, -0.1) is 0 Å². The molecule has 1 amide bonds. The highest BCUT2D eigenvalue weighted by Crippen LogP contribution is 2.26. The summed E-state index contributed by atoms with van der Waals surface area (Å²) in [6.45, 7) is 0. The molecule has 0 radical (unpaired) electrons. The van der Waals surface area contributed by atoms with Gasteiger partial charge in [0.15, 0.2) is 0 Å². The van der Waals surface area contributed by atoms with E-state index >= 15 is 0 Å². The third-order valence-electron chi connectivity index (χ3n) is 4.14. The average molecular weight is 321 g/mol. The molecule has 1 aliphatic carbocycles. The number of carbonyl (C=O) groups is 1. The van der Waals surface area contributed by atoms with E-state index in [1.807, 2.05) is 17.8 Å². The lowest BCUT2D eigenvalue weighted by atomic mass is 10.1. The van der Waals surface area contributed by atoms with E-state index in [0.717, 1.165) is 24.8 Å². The van der Waals surface area contributed by atoms with Crippen LogP contribution in [0.25, 0.3) is 0 Å². The molecule has 0 atom stereocenters. The fourth-order valence-corrected chi connectivity index (χ4v) is 3.27. The predicted octanol–water partition coefficient (Wildman–Crippen LogP) is 4.34. The summed E-state index contributed by atoms with van der Waals surface area (Å²) < 4.78 is 15.1. The van der Waals surface area contributed by atoms with Crippen LogP contribution in [0.5, 0.6) is 0 Å². The first-order valence-corrected chi connectivity index (χ1v) is 7.87. The van der Waals surface area contributed by atoms with Crippen molar-refractivity contribution in [2.45, 2.75) is 32.1 Å². The third-order valence-corrected chi connectivity index (χ3v) is 4.43. The minimum Gasteiger partial charge on any atom is -0.346 e. The van der Waals surface area contributed by atoms with Gasteiger partial charge in [0.25, 0.3) is 5.91 Å². The van der Waals surface area contributed by atoms with Crippen LogP contribution >= 0.6 is 11.6 Å².